The minimum Gasteiger partial charge on any atom is -0.388 e. The van der Waals surface area contributed by atoms with Crippen LogP contribution in [-0.2, 0) is 0 Å². The van der Waals surface area contributed by atoms with E-state index in [0.717, 1.165) is 16.5 Å². The van der Waals surface area contributed by atoms with Gasteiger partial charge < -0.3 is 5.32 Å². The summed E-state index contributed by atoms with van der Waals surface area (Å²) in [6.45, 7) is 0. The summed E-state index contributed by atoms with van der Waals surface area (Å²) < 4.78 is 0. The summed E-state index contributed by atoms with van der Waals surface area (Å²) in [7, 11) is 1.81. The second-order valence-corrected chi connectivity index (χ2v) is 3.92. The predicted molar refractivity (Wildman–Crippen MR) is 65.3 cm³/mol. The molecule has 4 nitrogen and oxygen atoms in total. The molecule has 0 bridgehead atoms. The Kier molecular flexibility index (Phi) is 1.92. The Hall–Kier alpha value is -2.36. The van der Waals surface area contributed by atoms with Crippen molar-refractivity contribution < 1.29 is 9.59 Å². The first-order valence-electron chi connectivity index (χ1n) is 5.31. The van der Waals surface area contributed by atoms with E-state index in [4.69, 9.17) is 0 Å². The normalized spacial score (nSPS) is 13.7. The average molecular weight is 226 g/mol. The molecule has 4 heteroatoms. The van der Waals surface area contributed by atoms with Crippen molar-refractivity contribution in [2.75, 3.05) is 12.4 Å². The van der Waals surface area contributed by atoms with Gasteiger partial charge in [0.1, 0.15) is 0 Å². The van der Waals surface area contributed by atoms with Crippen LogP contribution in [0.1, 0.15) is 20.7 Å². The molecular weight excluding hydrogens is 216 g/mol. The van der Waals surface area contributed by atoms with Crippen molar-refractivity contribution in [2.45, 2.75) is 0 Å². The molecule has 0 radical (unpaired) electrons. The summed E-state index contributed by atoms with van der Waals surface area (Å²) in [6, 6.07) is 9.03. The summed E-state index contributed by atoms with van der Waals surface area (Å²) in [6.07, 6.45) is 0. The molecule has 0 aliphatic carbocycles. The highest BCUT2D eigenvalue weighted by molar-refractivity contribution is 6.26. The van der Waals surface area contributed by atoms with E-state index in [-0.39, 0.29) is 11.8 Å². The zero-order valence-corrected chi connectivity index (χ0v) is 9.20. The van der Waals surface area contributed by atoms with E-state index in [1.807, 2.05) is 25.2 Å². The Labute approximate surface area is 97.6 Å². The van der Waals surface area contributed by atoms with E-state index in [1.165, 1.54) is 0 Å². The molecule has 2 amide bonds. The largest absolute Gasteiger partial charge is 0.388 e. The lowest BCUT2D eigenvalue weighted by Gasteiger charge is -2.18. The first kappa shape index (κ1) is 9.84. The van der Waals surface area contributed by atoms with Gasteiger partial charge in [0.2, 0.25) is 0 Å². The van der Waals surface area contributed by atoms with Crippen molar-refractivity contribution in [3.8, 4) is 0 Å². The minimum absolute atomic E-state index is 0.332. The molecule has 0 saturated heterocycles. The molecule has 3 rings (SSSR count). The highest BCUT2D eigenvalue weighted by Gasteiger charge is 2.25. The van der Waals surface area contributed by atoms with E-state index in [2.05, 4.69) is 10.6 Å². The lowest BCUT2D eigenvalue weighted by molar-refractivity contribution is 0.0845. The van der Waals surface area contributed by atoms with E-state index in [0.29, 0.717) is 11.1 Å². The first-order chi connectivity index (χ1) is 8.22. The van der Waals surface area contributed by atoms with Crippen molar-refractivity contribution >= 4 is 28.3 Å². The Morgan fingerprint density at radius 1 is 1.00 bits per heavy atom. The topological polar surface area (TPSA) is 58.2 Å². The third-order valence-corrected chi connectivity index (χ3v) is 3.03. The van der Waals surface area contributed by atoms with Crippen LogP contribution >= 0.6 is 0 Å². The van der Waals surface area contributed by atoms with Crippen LogP contribution in [0.15, 0.2) is 30.3 Å². The molecule has 0 spiro atoms. The Morgan fingerprint density at radius 3 is 2.41 bits per heavy atom. The summed E-state index contributed by atoms with van der Waals surface area (Å²) in [5.74, 6) is -0.664. The fourth-order valence-electron chi connectivity index (χ4n) is 2.24. The number of imide groups is 1. The van der Waals surface area contributed by atoms with E-state index < -0.39 is 0 Å². The second kappa shape index (κ2) is 3.31. The molecule has 0 aromatic heterocycles. The zero-order valence-electron chi connectivity index (χ0n) is 9.20. The van der Waals surface area contributed by atoms with Crippen LogP contribution in [0.25, 0.3) is 10.8 Å². The highest BCUT2D eigenvalue weighted by Crippen LogP contribution is 2.31. The van der Waals surface area contributed by atoms with Crippen LogP contribution in [-0.4, -0.2) is 18.9 Å². The fraction of sp³-hybridized carbons (Fsp3) is 0.0769. The van der Waals surface area contributed by atoms with Crippen LogP contribution in [0.3, 0.4) is 0 Å². The number of amides is 2. The molecule has 0 saturated carbocycles. The van der Waals surface area contributed by atoms with Gasteiger partial charge in [0.25, 0.3) is 11.8 Å². The number of rotatable bonds is 1. The molecular formula is C13H10N2O2. The third-order valence-electron chi connectivity index (χ3n) is 3.03. The van der Waals surface area contributed by atoms with Crippen molar-refractivity contribution in [3.63, 3.8) is 0 Å². The van der Waals surface area contributed by atoms with Gasteiger partial charge in [-0.25, -0.2) is 0 Å². The quantitative estimate of drug-likeness (QED) is 0.728. The standard InChI is InChI=1S/C13H10N2O2/c1-14-10-6-5-9-11-7(10)3-2-4-8(11)12(16)15-13(9)17/h2-6,14H,1H3,(H,15,16,17). The van der Waals surface area contributed by atoms with Crippen molar-refractivity contribution in [1.29, 1.82) is 0 Å². The first-order valence-corrected chi connectivity index (χ1v) is 5.31. The minimum atomic E-state index is -0.332. The number of hydrogen-bond acceptors (Lipinski definition) is 3. The second-order valence-electron chi connectivity index (χ2n) is 3.92. The summed E-state index contributed by atoms with van der Waals surface area (Å²) in [5.41, 5.74) is 2.01. The van der Waals surface area contributed by atoms with Gasteiger partial charge in [-0.2, -0.15) is 0 Å². The Balaban J connectivity index is 2.51. The summed E-state index contributed by atoms with van der Waals surface area (Å²) in [4.78, 5) is 23.5. The van der Waals surface area contributed by atoms with Crippen molar-refractivity contribution in [3.05, 3.63) is 41.5 Å². The van der Waals surface area contributed by atoms with Crippen molar-refractivity contribution in [2.24, 2.45) is 0 Å². The molecule has 1 heterocycles. The fourth-order valence-corrected chi connectivity index (χ4v) is 2.24. The van der Waals surface area contributed by atoms with Crippen LogP contribution in [0.5, 0.6) is 0 Å². The molecule has 1 aliphatic rings. The maximum Gasteiger partial charge on any atom is 0.258 e. The molecule has 0 unspecified atom stereocenters. The highest BCUT2D eigenvalue weighted by atomic mass is 16.2. The van der Waals surface area contributed by atoms with Gasteiger partial charge >= 0.3 is 0 Å². The SMILES string of the molecule is CNc1ccc2c3c(cccc13)C(=O)NC2=O. The molecule has 0 fully saturated rings. The van der Waals surface area contributed by atoms with Gasteiger partial charge in [-0.15, -0.1) is 0 Å². The number of anilines is 1. The van der Waals surface area contributed by atoms with Gasteiger partial charge in [-0.3, -0.25) is 14.9 Å². The van der Waals surface area contributed by atoms with Crippen LogP contribution in [0, 0.1) is 0 Å². The van der Waals surface area contributed by atoms with Crippen LogP contribution < -0.4 is 10.6 Å². The van der Waals surface area contributed by atoms with Gasteiger partial charge in [0, 0.05) is 34.6 Å². The molecule has 2 aromatic rings. The maximum atomic E-state index is 11.7. The van der Waals surface area contributed by atoms with Crippen LogP contribution in [0.2, 0.25) is 0 Å². The third kappa shape index (κ3) is 1.24. The molecule has 17 heavy (non-hydrogen) atoms. The number of nitrogens with one attached hydrogen (secondary N) is 2. The van der Waals surface area contributed by atoms with Gasteiger partial charge in [-0.05, 0) is 18.2 Å². The predicted octanol–water partition coefficient (Wildman–Crippen LogP) is 1.77. The lowest BCUT2D eigenvalue weighted by atomic mass is 9.94. The number of benzene rings is 2. The number of carbonyl (C=O) groups excluding carboxylic acids is 2. The number of carbonyl (C=O) groups is 2. The van der Waals surface area contributed by atoms with Gasteiger partial charge in [-0.1, -0.05) is 12.1 Å². The van der Waals surface area contributed by atoms with Gasteiger partial charge in [0.05, 0.1) is 0 Å². The van der Waals surface area contributed by atoms with E-state index in [1.54, 1.807) is 12.1 Å². The Morgan fingerprint density at radius 2 is 1.71 bits per heavy atom. The molecule has 84 valence electrons. The lowest BCUT2D eigenvalue weighted by Crippen LogP contribution is -2.34. The number of hydrogen-bond donors (Lipinski definition) is 2. The van der Waals surface area contributed by atoms with E-state index >= 15 is 0 Å². The molecule has 1 aliphatic heterocycles. The Bertz CT molecular complexity index is 642. The average Bonchev–Trinajstić information content (AvgIpc) is 2.35. The van der Waals surface area contributed by atoms with E-state index in [9.17, 15) is 9.59 Å². The summed E-state index contributed by atoms with van der Waals surface area (Å²) >= 11 is 0. The van der Waals surface area contributed by atoms with Crippen molar-refractivity contribution in [1.82, 2.24) is 5.32 Å². The summed E-state index contributed by atoms with van der Waals surface area (Å²) in [5, 5.41) is 7.02. The monoisotopic (exact) mass is 226 g/mol. The molecule has 2 N–H and O–H groups in total. The molecule has 0 atom stereocenters. The molecule has 2 aromatic carbocycles. The zero-order chi connectivity index (χ0) is 12.0. The smallest absolute Gasteiger partial charge is 0.258 e. The maximum absolute atomic E-state index is 11.7. The van der Waals surface area contributed by atoms with Gasteiger partial charge in [0.15, 0.2) is 0 Å². The van der Waals surface area contributed by atoms with Crippen LogP contribution in [0.4, 0.5) is 5.69 Å².